The van der Waals surface area contributed by atoms with E-state index < -0.39 is 0 Å². The molecule has 18 heavy (non-hydrogen) atoms. The van der Waals surface area contributed by atoms with Crippen LogP contribution in [0, 0.1) is 5.92 Å². The van der Waals surface area contributed by atoms with E-state index in [0.717, 1.165) is 6.42 Å². The van der Waals surface area contributed by atoms with Crippen LogP contribution in [0.3, 0.4) is 0 Å². The summed E-state index contributed by atoms with van der Waals surface area (Å²) in [5.74, 6) is 0.490. The maximum Gasteiger partial charge on any atom is 0.0563 e. The Hall–Kier alpha value is -0.0400. The molecule has 0 saturated heterocycles. The molecule has 0 aromatic heterocycles. The second-order valence-electron chi connectivity index (χ2n) is 5.92. The summed E-state index contributed by atoms with van der Waals surface area (Å²) in [5, 5.41) is 9.67. The van der Waals surface area contributed by atoms with Crippen LogP contribution in [-0.4, -0.2) is 11.2 Å². The van der Waals surface area contributed by atoms with Gasteiger partial charge >= 0.3 is 0 Å². The summed E-state index contributed by atoms with van der Waals surface area (Å²) in [7, 11) is 0. The van der Waals surface area contributed by atoms with Crippen molar-refractivity contribution in [1.29, 1.82) is 0 Å². The van der Waals surface area contributed by atoms with Crippen molar-refractivity contribution in [3.05, 3.63) is 0 Å². The minimum absolute atomic E-state index is 0.0800. The van der Waals surface area contributed by atoms with Crippen LogP contribution >= 0.6 is 0 Å². The van der Waals surface area contributed by atoms with Crippen molar-refractivity contribution in [2.75, 3.05) is 0 Å². The Kier molecular flexibility index (Phi) is 13.4. The summed E-state index contributed by atoms with van der Waals surface area (Å²) in [6.45, 7) is 6.53. The number of unbranched alkanes of at least 4 members (excludes halogenated alkanes) is 9. The van der Waals surface area contributed by atoms with Gasteiger partial charge in [0, 0.05) is 0 Å². The Morgan fingerprint density at radius 1 is 0.722 bits per heavy atom. The molecule has 2 unspecified atom stereocenters. The lowest BCUT2D eigenvalue weighted by atomic mass is 9.95. The number of aliphatic hydroxyl groups excluding tert-OH is 1. The second-order valence-corrected chi connectivity index (χ2v) is 5.92. The van der Waals surface area contributed by atoms with Crippen LogP contribution in [0.4, 0.5) is 0 Å². The van der Waals surface area contributed by atoms with Gasteiger partial charge in [0.05, 0.1) is 6.10 Å². The summed E-state index contributed by atoms with van der Waals surface area (Å²) < 4.78 is 0. The maximum atomic E-state index is 9.67. The van der Waals surface area contributed by atoms with Gasteiger partial charge in [0.25, 0.3) is 0 Å². The Bertz CT molecular complexity index is 156. The number of rotatable bonds is 13. The third-order valence-corrected chi connectivity index (χ3v) is 4.09. The van der Waals surface area contributed by atoms with Crippen LogP contribution in [0.2, 0.25) is 0 Å². The standard InChI is InChI=1S/C17H36O/c1-4-6-7-8-9-10-11-12-13-14-15-16(3)17(18)5-2/h16-18H,4-15H2,1-3H3. The SMILES string of the molecule is CCCCCCCCCCCCC(C)C(O)CC. The minimum atomic E-state index is -0.0800. The molecule has 0 aliphatic heterocycles. The lowest BCUT2D eigenvalue weighted by molar-refractivity contribution is 0.106. The fraction of sp³-hybridized carbons (Fsp3) is 1.00. The van der Waals surface area contributed by atoms with Gasteiger partial charge in [-0.05, 0) is 18.8 Å². The molecular formula is C17H36O. The smallest absolute Gasteiger partial charge is 0.0563 e. The van der Waals surface area contributed by atoms with Gasteiger partial charge in [0.15, 0.2) is 0 Å². The predicted octanol–water partition coefficient (Wildman–Crippen LogP) is 5.70. The van der Waals surface area contributed by atoms with E-state index in [0.29, 0.717) is 5.92 Å². The Morgan fingerprint density at radius 2 is 1.17 bits per heavy atom. The summed E-state index contributed by atoms with van der Waals surface area (Å²) in [5.41, 5.74) is 0. The second kappa shape index (κ2) is 13.4. The van der Waals surface area contributed by atoms with Gasteiger partial charge in [-0.25, -0.2) is 0 Å². The van der Waals surface area contributed by atoms with E-state index in [-0.39, 0.29) is 6.10 Å². The monoisotopic (exact) mass is 256 g/mol. The molecule has 0 heterocycles. The van der Waals surface area contributed by atoms with E-state index in [1.54, 1.807) is 0 Å². The molecule has 0 saturated carbocycles. The first-order chi connectivity index (χ1) is 8.72. The first kappa shape index (κ1) is 18.0. The topological polar surface area (TPSA) is 20.2 Å². The van der Waals surface area contributed by atoms with Crippen molar-refractivity contribution < 1.29 is 5.11 Å². The van der Waals surface area contributed by atoms with Crippen molar-refractivity contribution in [3.8, 4) is 0 Å². The van der Waals surface area contributed by atoms with Gasteiger partial charge in [0.1, 0.15) is 0 Å². The zero-order valence-corrected chi connectivity index (χ0v) is 13.1. The number of hydrogen-bond donors (Lipinski definition) is 1. The molecule has 0 bridgehead atoms. The van der Waals surface area contributed by atoms with Crippen molar-refractivity contribution >= 4 is 0 Å². The summed E-state index contributed by atoms with van der Waals surface area (Å²) in [6, 6.07) is 0. The molecule has 0 amide bonds. The summed E-state index contributed by atoms with van der Waals surface area (Å²) >= 11 is 0. The average molecular weight is 256 g/mol. The van der Waals surface area contributed by atoms with Gasteiger partial charge in [-0.3, -0.25) is 0 Å². The molecule has 0 aromatic carbocycles. The zero-order valence-electron chi connectivity index (χ0n) is 13.1. The largest absolute Gasteiger partial charge is 0.393 e. The quantitative estimate of drug-likeness (QED) is 0.419. The highest BCUT2D eigenvalue weighted by Crippen LogP contribution is 2.17. The summed E-state index contributed by atoms with van der Waals surface area (Å²) in [6.07, 6.45) is 16.0. The van der Waals surface area contributed by atoms with E-state index in [4.69, 9.17) is 0 Å². The van der Waals surface area contributed by atoms with Crippen LogP contribution < -0.4 is 0 Å². The normalized spacial score (nSPS) is 14.7. The minimum Gasteiger partial charge on any atom is -0.393 e. The van der Waals surface area contributed by atoms with Crippen LogP contribution in [0.15, 0.2) is 0 Å². The van der Waals surface area contributed by atoms with Gasteiger partial charge in [-0.2, -0.15) is 0 Å². The molecule has 0 aromatic rings. The molecule has 0 spiro atoms. The Balaban J connectivity index is 3.11. The number of hydrogen-bond acceptors (Lipinski definition) is 1. The van der Waals surface area contributed by atoms with Crippen molar-refractivity contribution in [2.45, 2.75) is 104 Å². The Morgan fingerprint density at radius 3 is 1.61 bits per heavy atom. The molecule has 0 aliphatic carbocycles. The molecular weight excluding hydrogens is 220 g/mol. The molecule has 2 atom stereocenters. The molecule has 0 radical (unpaired) electrons. The van der Waals surface area contributed by atoms with Crippen molar-refractivity contribution in [3.63, 3.8) is 0 Å². The summed E-state index contributed by atoms with van der Waals surface area (Å²) in [4.78, 5) is 0. The van der Waals surface area contributed by atoms with Crippen LogP contribution in [0.25, 0.3) is 0 Å². The maximum absolute atomic E-state index is 9.67. The van der Waals surface area contributed by atoms with Gasteiger partial charge < -0.3 is 5.11 Å². The lowest BCUT2D eigenvalue weighted by Crippen LogP contribution is -2.15. The first-order valence-corrected chi connectivity index (χ1v) is 8.40. The van der Waals surface area contributed by atoms with Crippen LogP contribution in [0.5, 0.6) is 0 Å². The van der Waals surface area contributed by atoms with E-state index in [9.17, 15) is 5.11 Å². The molecule has 1 heteroatoms. The lowest BCUT2D eigenvalue weighted by Gasteiger charge is -2.16. The highest BCUT2D eigenvalue weighted by atomic mass is 16.3. The van der Waals surface area contributed by atoms with Crippen LogP contribution in [0.1, 0.15) is 97.8 Å². The first-order valence-electron chi connectivity index (χ1n) is 8.40. The zero-order chi connectivity index (χ0) is 13.6. The molecule has 1 N–H and O–H groups in total. The molecule has 0 aliphatic rings. The van der Waals surface area contributed by atoms with Crippen LogP contribution in [-0.2, 0) is 0 Å². The third-order valence-electron chi connectivity index (χ3n) is 4.09. The van der Waals surface area contributed by atoms with E-state index in [1.807, 2.05) is 0 Å². The van der Waals surface area contributed by atoms with E-state index in [2.05, 4.69) is 20.8 Å². The fourth-order valence-electron chi connectivity index (χ4n) is 2.55. The average Bonchev–Trinajstić information content (AvgIpc) is 2.39. The highest BCUT2D eigenvalue weighted by molar-refractivity contribution is 4.62. The number of aliphatic hydroxyl groups is 1. The van der Waals surface area contributed by atoms with Gasteiger partial charge in [-0.15, -0.1) is 0 Å². The van der Waals surface area contributed by atoms with E-state index >= 15 is 0 Å². The molecule has 0 rings (SSSR count). The van der Waals surface area contributed by atoms with Crippen molar-refractivity contribution in [2.24, 2.45) is 5.92 Å². The van der Waals surface area contributed by atoms with E-state index in [1.165, 1.54) is 70.6 Å². The van der Waals surface area contributed by atoms with Crippen molar-refractivity contribution in [1.82, 2.24) is 0 Å². The molecule has 110 valence electrons. The highest BCUT2D eigenvalue weighted by Gasteiger charge is 2.10. The van der Waals surface area contributed by atoms with Gasteiger partial charge in [-0.1, -0.05) is 85.0 Å². The fourth-order valence-corrected chi connectivity index (χ4v) is 2.55. The molecule has 1 nitrogen and oxygen atoms in total. The predicted molar refractivity (Wildman–Crippen MR) is 81.9 cm³/mol. The Labute approximate surface area is 115 Å². The molecule has 0 fully saturated rings. The van der Waals surface area contributed by atoms with Gasteiger partial charge in [0.2, 0.25) is 0 Å². The third kappa shape index (κ3) is 11.1.